The molecular formula is C9H10ClN3O2. The van der Waals surface area contributed by atoms with E-state index in [1.807, 2.05) is 5.43 Å². The van der Waals surface area contributed by atoms with Gasteiger partial charge < -0.3 is 5.73 Å². The second kappa shape index (κ2) is 5.21. The van der Waals surface area contributed by atoms with Gasteiger partial charge >= 0.3 is 6.03 Å². The molecule has 0 aliphatic heterocycles. The van der Waals surface area contributed by atoms with Gasteiger partial charge in [0, 0.05) is 5.02 Å². The first kappa shape index (κ1) is 11.3. The zero-order valence-electron chi connectivity index (χ0n) is 7.79. The molecule has 4 N–H and O–H groups in total. The first-order chi connectivity index (χ1) is 7.08. The summed E-state index contributed by atoms with van der Waals surface area (Å²) < 4.78 is 0. The van der Waals surface area contributed by atoms with Gasteiger partial charge in [0.15, 0.2) is 0 Å². The summed E-state index contributed by atoms with van der Waals surface area (Å²) in [5.74, 6) is -0.365. The lowest BCUT2D eigenvalue weighted by Crippen LogP contribution is -2.45. The number of halogens is 1. The normalized spacial score (nSPS) is 9.40. The lowest BCUT2D eigenvalue weighted by molar-refractivity contribution is -0.121. The number of carbonyl (C=O) groups excluding carboxylic acids is 2. The van der Waals surface area contributed by atoms with Crippen molar-refractivity contribution in [3.8, 4) is 0 Å². The molecule has 0 aromatic heterocycles. The van der Waals surface area contributed by atoms with Crippen molar-refractivity contribution < 1.29 is 9.59 Å². The number of primary amides is 1. The van der Waals surface area contributed by atoms with Crippen molar-refractivity contribution in [1.29, 1.82) is 0 Å². The van der Waals surface area contributed by atoms with E-state index in [9.17, 15) is 9.59 Å². The van der Waals surface area contributed by atoms with Crippen LogP contribution in [-0.2, 0) is 11.2 Å². The Kier molecular flexibility index (Phi) is 3.93. The number of nitrogens with two attached hydrogens (primary N) is 1. The van der Waals surface area contributed by atoms with Crippen LogP contribution < -0.4 is 16.6 Å². The van der Waals surface area contributed by atoms with Crippen molar-refractivity contribution in [3.05, 3.63) is 34.9 Å². The van der Waals surface area contributed by atoms with Crippen LogP contribution in [0.25, 0.3) is 0 Å². The molecule has 80 valence electrons. The maximum Gasteiger partial charge on any atom is 0.330 e. The number of rotatable bonds is 2. The van der Waals surface area contributed by atoms with Gasteiger partial charge in [-0.25, -0.2) is 10.2 Å². The van der Waals surface area contributed by atoms with Gasteiger partial charge in [0.05, 0.1) is 6.42 Å². The summed E-state index contributed by atoms with van der Waals surface area (Å²) in [7, 11) is 0. The maximum absolute atomic E-state index is 11.2. The minimum absolute atomic E-state index is 0.126. The Morgan fingerprint density at radius 2 is 2.07 bits per heavy atom. The highest BCUT2D eigenvalue weighted by Gasteiger charge is 2.03. The third-order valence-corrected chi connectivity index (χ3v) is 1.81. The average molecular weight is 228 g/mol. The smallest absolute Gasteiger partial charge is 0.330 e. The predicted molar refractivity (Wildman–Crippen MR) is 56.0 cm³/mol. The molecular weight excluding hydrogens is 218 g/mol. The van der Waals surface area contributed by atoms with Crippen molar-refractivity contribution in [3.63, 3.8) is 0 Å². The highest BCUT2D eigenvalue weighted by molar-refractivity contribution is 6.30. The SMILES string of the molecule is NC(=O)NNC(=O)Cc1cccc(Cl)c1. The molecule has 0 saturated carbocycles. The van der Waals surface area contributed by atoms with Gasteiger partial charge in [-0.3, -0.25) is 10.2 Å². The molecule has 0 bridgehead atoms. The van der Waals surface area contributed by atoms with Crippen molar-refractivity contribution in [2.45, 2.75) is 6.42 Å². The van der Waals surface area contributed by atoms with Crippen molar-refractivity contribution in [2.24, 2.45) is 5.73 Å². The van der Waals surface area contributed by atoms with Gasteiger partial charge in [0.2, 0.25) is 5.91 Å². The standard InChI is InChI=1S/C9H10ClN3O2/c10-7-3-1-2-6(4-7)5-8(14)12-13-9(11)15/h1-4H,5H2,(H,12,14)(H3,11,13,15). The summed E-state index contributed by atoms with van der Waals surface area (Å²) in [6, 6.07) is 6.08. The van der Waals surface area contributed by atoms with Crippen LogP contribution in [0, 0.1) is 0 Å². The van der Waals surface area contributed by atoms with Gasteiger partial charge in [-0.05, 0) is 17.7 Å². The van der Waals surface area contributed by atoms with E-state index >= 15 is 0 Å². The lowest BCUT2D eigenvalue weighted by atomic mass is 10.1. The van der Waals surface area contributed by atoms with Crippen LogP contribution in [0.1, 0.15) is 5.56 Å². The number of amides is 3. The minimum atomic E-state index is -0.811. The molecule has 0 aliphatic carbocycles. The molecule has 1 aromatic carbocycles. The number of hydrogen-bond acceptors (Lipinski definition) is 2. The third kappa shape index (κ3) is 4.33. The van der Waals surface area contributed by atoms with Crippen molar-refractivity contribution >= 4 is 23.5 Å². The summed E-state index contributed by atoms with van der Waals surface area (Å²) in [5, 5.41) is 0.558. The molecule has 0 spiro atoms. The van der Waals surface area contributed by atoms with Crippen LogP contribution in [-0.4, -0.2) is 11.9 Å². The van der Waals surface area contributed by atoms with E-state index in [0.717, 1.165) is 5.56 Å². The van der Waals surface area contributed by atoms with Gasteiger partial charge in [-0.2, -0.15) is 0 Å². The lowest BCUT2D eigenvalue weighted by Gasteiger charge is -2.04. The van der Waals surface area contributed by atoms with E-state index in [2.05, 4.69) is 5.43 Å². The molecule has 1 rings (SSSR count). The first-order valence-corrected chi connectivity index (χ1v) is 4.54. The molecule has 0 heterocycles. The van der Waals surface area contributed by atoms with Crippen LogP contribution >= 0.6 is 11.6 Å². The van der Waals surface area contributed by atoms with Gasteiger partial charge in [0.25, 0.3) is 0 Å². The monoisotopic (exact) mass is 227 g/mol. The number of urea groups is 1. The molecule has 0 fully saturated rings. The van der Waals surface area contributed by atoms with E-state index < -0.39 is 6.03 Å². The van der Waals surface area contributed by atoms with Crippen LogP contribution in [0.5, 0.6) is 0 Å². The van der Waals surface area contributed by atoms with Crippen LogP contribution in [0.2, 0.25) is 5.02 Å². The Bertz CT molecular complexity index is 381. The first-order valence-electron chi connectivity index (χ1n) is 4.16. The zero-order chi connectivity index (χ0) is 11.3. The Labute approximate surface area is 91.6 Å². The Balaban J connectivity index is 2.48. The molecule has 0 unspecified atom stereocenters. The number of hydrazine groups is 1. The molecule has 1 aromatic rings. The summed E-state index contributed by atoms with van der Waals surface area (Å²) in [6.45, 7) is 0. The largest absolute Gasteiger partial charge is 0.350 e. The molecule has 15 heavy (non-hydrogen) atoms. The highest BCUT2D eigenvalue weighted by Crippen LogP contribution is 2.10. The second-order valence-corrected chi connectivity index (χ2v) is 3.28. The Hall–Kier alpha value is -1.75. The minimum Gasteiger partial charge on any atom is -0.350 e. The van der Waals surface area contributed by atoms with E-state index in [4.69, 9.17) is 17.3 Å². The fourth-order valence-electron chi connectivity index (χ4n) is 1.01. The van der Waals surface area contributed by atoms with E-state index in [1.54, 1.807) is 24.3 Å². The summed E-state index contributed by atoms with van der Waals surface area (Å²) >= 11 is 5.73. The topological polar surface area (TPSA) is 84.2 Å². The quantitative estimate of drug-likeness (QED) is 0.646. The van der Waals surface area contributed by atoms with Crippen molar-refractivity contribution in [2.75, 3.05) is 0 Å². The fourth-order valence-corrected chi connectivity index (χ4v) is 1.22. The Morgan fingerprint density at radius 1 is 1.33 bits per heavy atom. The number of carbonyl (C=O) groups is 2. The molecule has 5 nitrogen and oxygen atoms in total. The number of benzene rings is 1. The second-order valence-electron chi connectivity index (χ2n) is 2.84. The highest BCUT2D eigenvalue weighted by atomic mass is 35.5. The summed E-state index contributed by atoms with van der Waals surface area (Å²) in [6.07, 6.45) is 0.126. The van der Waals surface area contributed by atoms with Gasteiger partial charge in [0.1, 0.15) is 0 Å². The van der Waals surface area contributed by atoms with Crippen LogP contribution in [0.15, 0.2) is 24.3 Å². The maximum atomic E-state index is 11.2. The van der Waals surface area contributed by atoms with Crippen molar-refractivity contribution in [1.82, 2.24) is 10.9 Å². The van der Waals surface area contributed by atoms with E-state index in [0.29, 0.717) is 5.02 Å². The van der Waals surface area contributed by atoms with E-state index in [-0.39, 0.29) is 12.3 Å². The molecule has 3 amide bonds. The molecule has 0 atom stereocenters. The number of hydrogen-bond donors (Lipinski definition) is 3. The Morgan fingerprint density at radius 3 is 2.67 bits per heavy atom. The predicted octanol–water partition coefficient (Wildman–Crippen LogP) is 0.582. The summed E-state index contributed by atoms with van der Waals surface area (Å²) in [4.78, 5) is 21.5. The van der Waals surface area contributed by atoms with Crippen LogP contribution in [0.3, 0.4) is 0 Å². The van der Waals surface area contributed by atoms with Gasteiger partial charge in [-0.15, -0.1) is 0 Å². The fraction of sp³-hybridized carbons (Fsp3) is 0.111. The van der Waals surface area contributed by atoms with Crippen LogP contribution in [0.4, 0.5) is 4.79 Å². The zero-order valence-corrected chi connectivity index (χ0v) is 8.54. The van der Waals surface area contributed by atoms with E-state index in [1.165, 1.54) is 0 Å². The van der Waals surface area contributed by atoms with Gasteiger partial charge in [-0.1, -0.05) is 23.7 Å². The molecule has 0 radical (unpaired) electrons. The summed E-state index contributed by atoms with van der Waals surface area (Å²) in [5.41, 5.74) is 9.66. The number of nitrogens with one attached hydrogen (secondary N) is 2. The molecule has 0 aliphatic rings. The average Bonchev–Trinajstić information content (AvgIpc) is 2.15. The third-order valence-electron chi connectivity index (χ3n) is 1.58. The molecule has 0 saturated heterocycles. The molecule has 6 heteroatoms.